The molecule has 1 aliphatic rings. The molecule has 156 valence electrons. The van der Waals surface area contributed by atoms with E-state index in [0.717, 1.165) is 5.56 Å². The fourth-order valence-corrected chi connectivity index (χ4v) is 5.49. The van der Waals surface area contributed by atoms with Crippen LogP contribution in [0.2, 0.25) is 0 Å². The summed E-state index contributed by atoms with van der Waals surface area (Å²) in [6.45, 7) is 1.99. The van der Waals surface area contributed by atoms with Gasteiger partial charge in [-0.25, -0.2) is 0 Å². The van der Waals surface area contributed by atoms with Gasteiger partial charge in [0.25, 0.3) is 0 Å². The van der Waals surface area contributed by atoms with Crippen molar-refractivity contribution < 1.29 is 23.2 Å². The van der Waals surface area contributed by atoms with Gasteiger partial charge >= 0.3 is 0 Å². The second kappa shape index (κ2) is 9.39. The maximum absolute atomic E-state index is 13.5. The van der Waals surface area contributed by atoms with Crippen LogP contribution >= 0.6 is 0 Å². The molecule has 8 heteroatoms. The van der Waals surface area contributed by atoms with E-state index in [1.165, 1.54) is 0 Å². The van der Waals surface area contributed by atoms with Gasteiger partial charge in [0.1, 0.15) is 17.1 Å². The molecule has 0 radical (unpaired) electrons. The van der Waals surface area contributed by atoms with Crippen molar-refractivity contribution in [2.24, 2.45) is 5.73 Å². The van der Waals surface area contributed by atoms with E-state index in [9.17, 15) is 9.00 Å². The van der Waals surface area contributed by atoms with E-state index in [1.807, 2.05) is 12.1 Å². The average Bonchev–Trinajstić information content (AvgIpc) is 2.75. The van der Waals surface area contributed by atoms with Crippen molar-refractivity contribution in [1.82, 2.24) is 4.98 Å². The average molecular weight is 419 g/mol. The Labute approximate surface area is 171 Å². The predicted molar refractivity (Wildman–Crippen MR) is 111 cm³/mol. The highest BCUT2D eigenvalue weighted by molar-refractivity contribution is 8.02. The van der Waals surface area contributed by atoms with Crippen molar-refractivity contribution >= 4 is 21.3 Å². The Morgan fingerprint density at radius 1 is 1.14 bits per heavy atom. The summed E-state index contributed by atoms with van der Waals surface area (Å²) in [7, 11) is -2.94. The first-order valence-corrected chi connectivity index (χ1v) is 11.1. The monoisotopic (exact) mass is 418 g/mol. The molecule has 1 aromatic carbocycles. The topological polar surface area (TPSA) is 101 Å². The summed E-state index contributed by atoms with van der Waals surface area (Å²) in [4.78, 5) is 16.6. The minimum Gasteiger partial charge on any atom is -0.491 e. The van der Waals surface area contributed by atoms with Crippen LogP contribution in [-0.2, 0) is 30.4 Å². The molecule has 1 saturated heterocycles. The van der Waals surface area contributed by atoms with E-state index in [-0.39, 0.29) is 0 Å². The standard InChI is InChI=1S/C21H26N2O5S/c1-29(25,21(20(22)24)8-12-26-13-9-21)19-4-2-18(3-5-19)28-15-14-27-16-17-6-10-23-11-7-17/h2-7,10-11H,1,8-9,12-16H2,(H2,22,24). The fourth-order valence-electron chi connectivity index (χ4n) is 3.31. The van der Waals surface area contributed by atoms with Crippen LogP contribution in [0.1, 0.15) is 18.4 Å². The summed E-state index contributed by atoms with van der Waals surface area (Å²) >= 11 is 0. The highest BCUT2D eigenvalue weighted by Gasteiger charge is 2.46. The van der Waals surface area contributed by atoms with Crippen molar-refractivity contribution in [3.05, 3.63) is 54.4 Å². The number of benzene rings is 1. The van der Waals surface area contributed by atoms with Crippen LogP contribution in [-0.4, -0.2) is 52.1 Å². The Morgan fingerprint density at radius 2 is 1.79 bits per heavy atom. The lowest BCUT2D eigenvalue weighted by Crippen LogP contribution is -2.53. The Hall–Kier alpha value is -2.42. The van der Waals surface area contributed by atoms with Crippen LogP contribution in [0, 0.1) is 0 Å². The minimum atomic E-state index is -2.94. The molecule has 2 aromatic rings. The summed E-state index contributed by atoms with van der Waals surface area (Å²) in [5.41, 5.74) is 6.68. The lowest BCUT2D eigenvalue weighted by molar-refractivity contribution is -0.122. The summed E-state index contributed by atoms with van der Waals surface area (Å²) in [5.74, 6) is 3.94. The van der Waals surface area contributed by atoms with Crippen molar-refractivity contribution in [3.63, 3.8) is 0 Å². The van der Waals surface area contributed by atoms with Gasteiger partial charge in [-0.05, 0) is 60.7 Å². The van der Waals surface area contributed by atoms with E-state index < -0.39 is 20.2 Å². The van der Waals surface area contributed by atoms with Gasteiger partial charge in [0.15, 0.2) is 0 Å². The van der Waals surface area contributed by atoms with Gasteiger partial charge in [-0.15, -0.1) is 0 Å². The lowest BCUT2D eigenvalue weighted by Gasteiger charge is -2.37. The zero-order valence-electron chi connectivity index (χ0n) is 16.2. The zero-order chi connectivity index (χ0) is 20.7. The third-order valence-electron chi connectivity index (χ3n) is 5.10. The highest BCUT2D eigenvalue weighted by Crippen LogP contribution is 2.35. The van der Waals surface area contributed by atoms with Crippen LogP contribution in [0.25, 0.3) is 0 Å². The zero-order valence-corrected chi connectivity index (χ0v) is 17.1. The van der Waals surface area contributed by atoms with Gasteiger partial charge < -0.3 is 19.9 Å². The lowest BCUT2D eigenvalue weighted by atomic mass is 9.98. The van der Waals surface area contributed by atoms with Gasteiger partial charge in [0.2, 0.25) is 5.91 Å². The quantitative estimate of drug-likeness (QED) is 0.492. The number of pyridine rings is 1. The van der Waals surface area contributed by atoms with Gasteiger partial charge in [0, 0.05) is 40.0 Å². The van der Waals surface area contributed by atoms with Crippen LogP contribution in [0.4, 0.5) is 0 Å². The molecule has 1 unspecified atom stereocenters. The van der Waals surface area contributed by atoms with Crippen LogP contribution in [0.15, 0.2) is 53.7 Å². The number of aromatic nitrogens is 1. The largest absolute Gasteiger partial charge is 0.491 e. The van der Waals surface area contributed by atoms with E-state index in [1.54, 1.807) is 36.7 Å². The van der Waals surface area contributed by atoms with E-state index in [2.05, 4.69) is 10.9 Å². The molecular formula is C21H26N2O5S. The number of rotatable bonds is 9. The second-order valence-electron chi connectivity index (χ2n) is 6.87. The number of hydrogen-bond donors (Lipinski definition) is 1. The molecule has 0 bridgehead atoms. The number of nitrogens with zero attached hydrogens (tertiary/aromatic N) is 1. The predicted octanol–water partition coefficient (Wildman–Crippen LogP) is 1.79. The molecule has 2 heterocycles. The Bertz CT molecular complexity index is 908. The molecule has 1 aliphatic heterocycles. The highest BCUT2D eigenvalue weighted by atomic mass is 32.2. The second-order valence-corrected chi connectivity index (χ2v) is 9.48. The molecular weight excluding hydrogens is 392 g/mol. The van der Waals surface area contributed by atoms with Gasteiger partial charge in [-0.1, -0.05) is 0 Å². The number of carbonyl (C=O) groups is 1. The maximum atomic E-state index is 13.5. The Morgan fingerprint density at radius 3 is 2.41 bits per heavy atom. The number of nitrogens with two attached hydrogens (primary N) is 1. The van der Waals surface area contributed by atoms with E-state index in [4.69, 9.17) is 19.9 Å². The summed E-state index contributed by atoms with van der Waals surface area (Å²) in [6.07, 6.45) is 4.05. The molecule has 7 nitrogen and oxygen atoms in total. The SMILES string of the molecule is C=S(=O)(c1ccc(OCCOCc2ccncc2)cc1)C1(C(N)=O)CCOCC1. The molecule has 0 saturated carbocycles. The van der Waals surface area contributed by atoms with Crippen LogP contribution < -0.4 is 10.5 Å². The van der Waals surface area contributed by atoms with Crippen LogP contribution in [0.5, 0.6) is 5.75 Å². The van der Waals surface area contributed by atoms with Gasteiger partial charge in [0.05, 0.1) is 13.2 Å². The van der Waals surface area contributed by atoms with Crippen molar-refractivity contribution in [3.8, 4) is 5.75 Å². The number of primary amides is 1. The molecule has 0 aliphatic carbocycles. The first kappa shape index (κ1) is 21.3. The maximum Gasteiger partial charge on any atom is 0.236 e. The molecule has 1 amide bonds. The van der Waals surface area contributed by atoms with Crippen molar-refractivity contribution in [1.29, 1.82) is 0 Å². The molecule has 2 N–H and O–H groups in total. The summed E-state index contributed by atoms with van der Waals surface area (Å²) in [6, 6.07) is 10.6. The third-order valence-corrected chi connectivity index (χ3v) is 8.01. The minimum absolute atomic E-state index is 0.303. The first-order chi connectivity index (χ1) is 14.0. The van der Waals surface area contributed by atoms with Crippen molar-refractivity contribution in [2.75, 3.05) is 26.4 Å². The molecule has 29 heavy (non-hydrogen) atoms. The normalized spacial score (nSPS) is 17.9. The van der Waals surface area contributed by atoms with Gasteiger partial charge in [-0.3, -0.25) is 14.0 Å². The number of carbonyl (C=O) groups excluding carboxylic acids is 1. The van der Waals surface area contributed by atoms with Crippen LogP contribution in [0.3, 0.4) is 0 Å². The number of ether oxygens (including phenoxy) is 3. The molecule has 1 aromatic heterocycles. The number of hydrogen-bond acceptors (Lipinski definition) is 6. The molecule has 3 rings (SSSR count). The molecule has 1 atom stereocenters. The third kappa shape index (κ3) is 4.77. The molecule has 1 fully saturated rings. The smallest absolute Gasteiger partial charge is 0.236 e. The first-order valence-electron chi connectivity index (χ1n) is 9.40. The van der Waals surface area contributed by atoms with E-state index >= 15 is 0 Å². The fraction of sp³-hybridized carbons (Fsp3) is 0.381. The summed E-state index contributed by atoms with van der Waals surface area (Å²) < 4.78 is 28.9. The van der Waals surface area contributed by atoms with Crippen molar-refractivity contribution in [2.45, 2.75) is 29.1 Å². The van der Waals surface area contributed by atoms with Gasteiger partial charge in [-0.2, -0.15) is 0 Å². The Balaban J connectivity index is 1.57. The summed E-state index contributed by atoms with van der Waals surface area (Å²) in [5, 5.41) is 0. The van der Waals surface area contributed by atoms with E-state index in [0.29, 0.717) is 56.5 Å². The molecule has 0 spiro atoms. The number of amides is 1. The Kier molecular flexibility index (Phi) is 6.89.